The molecule has 88 valence electrons. The van der Waals surface area contributed by atoms with Crippen molar-refractivity contribution in [3.63, 3.8) is 0 Å². The average Bonchev–Trinajstić information content (AvgIpc) is 2.29. The predicted molar refractivity (Wildman–Crippen MR) is 65.3 cm³/mol. The maximum Gasteiger partial charge on any atom is 0.151 e. The van der Waals surface area contributed by atoms with Gasteiger partial charge in [-0.15, -0.1) is 0 Å². The van der Waals surface area contributed by atoms with Crippen LogP contribution in [0.25, 0.3) is 0 Å². The van der Waals surface area contributed by atoms with Crippen LogP contribution < -0.4 is 10.6 Å². The van der Waals surface area contributed by atoms with Gasteiger partial charge in [-0.2, -0.15) is 0 Å². The molecule has 1 saturated carbocycles. The molecule has 0 radical (unpaired) electrons. The number of anilines is 2. The molecule has 0 spiro atoms. The first-order valence-electron chi connectivity index (χ1n) is 5.81. The summed E-state index contributed by atoms with van der Waals surface area (Å²) in [6.07, 6.45) is 5.63. The molecule has 1 heterocycles. The Balaban J connectivity index is 2.17. The number of aliphatic hydroxyl groups is 1. The molecule has 1 aromatic rings. The van der Waals surface area contributed by atoms with E-state index < -0.39 is 0 Å². The Morgan fingerprint density at radius 2 is 2.19 bits per heavy atom. The van der Waals surface area contributed by atoms with E-state index in [0.29, 0.717) is 5.69 Å². The quantitative estimate of drug-likeness (QED) is 0.792. The summed E-state index contributed by atoms with van der Waals surface area (Å²) in [5, 5.41) is 9.98. The van der Waals surface area contributed by atoms with Crippen LogP contribution in [0.5, 0.6) is 0 Å². The van der Waals surface area contributed by atoms with E-state index in [1.165, 1.54) is 6.42 Å². The molecular formula is C12H19N3O. The van der Waals surface area contributed by atoms with E-state index in [1.807, 2.05) is 24.1 Å². The maximum absolute atomic E-state index is 9.98. The van der Waals surface area contributed by atoms with Gasteiger partial charge in [-0.1, -0.05) is 12.8 Å². The summed E-state index contributed by atoms with van der Waals surface area (Å²) in [6.45, 7) is 0. The summed E-state index contributed by atoms with van der Waals surface area (Å²) in [6, 6.07) is 3.81. The maximum atomic E-state index is 9.98. The molecule has 16 heavy (non-hydrogen) atoms. The van der Waals surface area contributed by atoms with Gasteiger partial charge in [0.05, 0.1) is 17.8 Å². The Hall–Kier alpha value is -1.29. The van der Waals surface area contributed by atoms with Gasteiger partial charge >= 0.3 is 0 Å². The van der Waals surface area contributed by atoms with E-state index in [2.05, 4.69) is 4.98 Å². The second-order valence-electron chi connectivity index (χ2n) is 4.45. The molecule has 4 nitrogen and oxygen atoms in total. The fourth-order valence-electron chi connectivity index (χ4n) is 2.40. The van der Waals surface area contributed by atoms with Crippen molar-refractivity contribution in [2.45, 2.75) is 37.8 Å². The first kappa shape index (κ1) is 11.2. The number of nitrogen functional groups attached to an aromatic ring is 1. The second kappa shape index (κ2) is 4.70. The fraction of sp³-hybridized carbons (Fsp3) is 0.583. The van der Waals surface area contributed by atoms with Gasteiger partial charge in [0.15, 0.2) is 5.82 Å². The zero-order valence-electron chi connectivity index (χ0n) is 9.63. The molecule has 0 aromatic carbocycles. The summed E-state index contributed by atoms with van der Waals surface area (Å²) in [4.78, 5) is 6.29. The molecule has 2 atom stereocenters. The van der Waals surface area contributed by atoms with Crippen LogP contribution in [0.2, 0.25) is 0 Å². The molecule has 0 aliphatic heterocycles. The van der Waals surface area contributed by atoms with Crippen LogP contribution in [0.3, 0.4) is 0 Å². The Labute approximate surface area is 96.1 Å². The molecule has 2 rings (SSSR count). The van der Waals surface area contributed by atoms with Crippen molar-refractivity contribution in [2.75, 3.05) is 17.7 Å². The van der Waals surface area contributed by atoms with E-state index in [4.69, 9.17) is 5.73 Å². The molecule has 1 fully saturated rings. The monoisotopic (exact) mass is 221 g/mol. The van der Waals surface area contributed by atoms with Crippen molar-refractivity contribution in [2.24, 2.45) is 0 Å². The number of hydrogen-bond acceptors (Lipinski definition) is 4. The van der Waals surface area contributed by atoms with Crippen molar-refractivity contribution in [1.29, 1.82) is 0 Å². The molecule has 2 unspecified atom stereocenters. The van der Waals surface area contributed by atoms with E-state index in [-0.39, 0.29) is 12.1 Å². The summed E-state index contributed by atoms with van der Waals surface area (Å²) in [7, 11) is 1.96. The van der Waals surface area contributed by atoms with Crippen molar-refractivity contribution >= 4 is 11.5 Å². The minimum absolute atomic E-state index is 0.144. The van der Waals surface area contributed by atoms with Crippen LogP contribution in [-0.4, -0.2) is 29.3 Å². The Morgan fingerprint density at radius 1 is 1.44 bits per heavy atom. The highest BCUT2D eigenvalue weighted by atomic mass is 16.3. The smallest absolute Gasteiger partial charge is 0.151 e. The molecule has 0 bridgehead atoms. The highest BCUT2D eigenvalue weighted by Crippen LogP contribution is 2.27. The van der Waals surface area contributed by atoms with Crippen molar-refractivity contribution in [3.8, 4) is 0 Å². The molecule has 1 aliphatic carbocycles. The van der Waals surface area contributed by atoms with E-state index >= 15 is 0 Å². The SMILES string of the molecule is CN(c1ncccc1N)C1CCCCC1O. The number of hydrogen-bond donors (Lipinski definition) is 2. The van der Waals surface area contributed by atoms with E-state index in [1.54, 1.807) is 6.20 Å². The van der Waals surface area contributed by atoms with Gasteiger partial charge in [0.25, 0.3) is 0 Å². The molecular weight excluding hydrogens is 202 g/mol. The number of rotatable bonds is 2. The van der Waals surface area contributed by atoms with Gasteiger partial charge in [-0.3, -0.25) is 0 Å². The number of pyridine rings is 1. The lowest BCUT2D eigenvalue weighted by Gasteiger charge is -2.36. The Kier molecular flexibility index (Phi) is 3.29. The second-order valence-corrected chi connectivity index (χ2v) is 4.45. The Morgan fingerprint density at radius 3 is 2.88 bits per heavy atom. The van der Waals surface area contributed by atoms with Gasteiger partial charge < -0.3 is 15.7 Å². The zero-order chi connectivity index (χ0) is 11.5. The number of nitrogens with two attached hydrogens (primary N) is 1. The average molecular weight is 221 g/mol. The summed E-state index contributed by atoms with van der Waals surface area (Å²) in [5.41, 5.74) is 6.56. The standard InChI is InChI=1S/C12H19N3O/c1-15(10-6-2-3-7-11(10)16)12-9(13)5-4-8-14-12/h4-5,8,10-11,16H,2-3,6-7,13H2,1H3. The molecule has 3 N–H and O–H groups in total. The van der Waals surface area contributed by atoms with Gasteiger partial charge in [-0.25, -0.2) is 4.98 Å². The number of nitrogens with zero attached hydrogens (tertiary/aromatic N) is 2. The van der Waals surface area contributed by atoms with Gasteiger partial charge in [0, 0.05) is 13.2 Å². The van der Waals surface area contributed by atoms with Crippen LogP contribution in [0.1, 0.15) is 25.7 Å². The van der Waals surface area contributed by atoms with Gasteiger partial charge in [0.2, 0.25) is 0 Å². The first-order chi connectivity index (χ1) is 7.70. The van der Waals surface area contributed by atoms with Gasteiger partial charge in [-0.05, 0) is 25.0 Å². The lowest BCUT2D eigenvalue weighted by atomic mass is 9.91. The van der Waals surface area contributed by atoms with E-state index in [0.717, 1.165) is 25.1 Å². The minimum atomic E-state index is -0.264. The van der Waals surface area contributed by atoms with Crippen LogP contribution in [0, 0.1) is 0 Å². The summed E-state index contributed by atoms with van der Waals surface area (Å²) >= 11 is 0. The minimum Gasteiger partial charge on any atom is -0.396 e. The molecule has 0 saturated heterocycles. The van der Waals surface area contributed by atoms with Crippen LogP contribution >= 0.6 is 0 Å². The number of aliphatic hydroxyl groups excluding tert-OH is 1. The highest BCUT2D eigenvalue weighted by Gasteiger charge is 2.27. The Bertz CT molecular complexity index is 356. The zero-order valence-corrected chi connectivity index (χ0v) is 9.63. The van der Waals surface area contributed by atoms with Crippen LogP contribution in [0.4, 0.5) is 11.5 Å². The fourth-order valence-corrected chi connectivity index (χ4v) is 2.40. The largest absolute Gasteiger partial charge is 0.396 e. The topological polar surface area (TPSA) is 62.4 Å². The van der Waals surface area contributed by atoms with Gasteiger partial charge in [0.1, 0.15) is 0 Å². The molecule has 4 heteroatoms. The van der Waals surface area contributed by atoms with Crippen LogP contribution in [0.15, 0.2) is 18.3 Å². The van der Waals surface area contributed by atoms with Crippen molar-refractivity contribution in [1.82, 2.24) is 4.98 Å². The molecule has 1 aliphatic rings. The van der Waals surface area contributed by atoms with E-state index in [9.17, 15) is 5.11 Å². The summed E-state index contributed by atoms with van der Waals surface area (Å²) in [5.74, 6) is 0.772. The third-order valence-corrected chi connectivity index (χ3v) is 3.34. The summed E-state index contributed by atoms with van der Waals surface area (Å²) < 4.78 is 0. The number of aromatic nitrogens is 1. The number of likely N-dealkylation sites (N-methyl/N-ethyl adjacent to an activating group) is 1. The lowest BCUT2D eigenvalue weighted by molar-refractivity contribution is 0.106. The normalized spacial score (nSPS) is 25.4. The third kappa shape index (κ3) is 2.11. The molecule has 1 aromatic heterocycles. The van der Waals surface area contributed by atoms with Crippen molar-refractivity contribution < 1.29 is 5.11 Å². The predicted octanol–water partition coefficient (Wildman–Crippen LogP) is 1.40. The first-order valence-corrected chi connectivity index (χ1v) is 5.81. The molecule has 0 amide bonds. The third-order valence-electron chi connectivity index (χ3n) is 3.34. The van der Waals surface area contributed by atoms with Crippen LogP contribution in [-0.2, 0) is 0 Å². The van der Waals surface area contributed by atoms with Crippen molar-refractivity contribution in [3.05, 3.63) is 18.3 Å². The highest BCUT2D eigenvalue weighted by molar-refractivity contribution is 5.62. The lowest BCUT2D eigenvalue weighted by Crippen LogP contribution is -2.44.